The first-order valence-corrected chi connectivity index (χ1v) is 8.18. The highest BCUT2D eigenvalue weighted by Crippen LogP contribution is 2.21. The molecule has 4 N–H and O–H groups in total. The number of rotatable bonds is 5. The summed E-state index contributed by atoms with van der Waals surface area (Å²) >= 11 is 0. The van der Waals surface area contributed by atoms with Crippen LogP contribution in [0.15, 0.2) is 53.4 Å². The van der Waals surface area contributed by atoms with E-state index in [-0.39, 0.29) is 16.1 Å². The van der Waals surface area contributed by atoms with E-state index < -0.39 is 22.0 Å². The predicted octanol–water partition coefficient (Wildman–Crippen LogP) is 1.70. The number of carboxylic acids is 1. The van der Waals surface area contributed by atoms with Gasteiger partial charge >= 0.3 is 12.0 Å². The summed E-state index contributed by atoms with van der Waals surface area (Å²) in [6.07, 6.45) is 0. The first-order chi connectivity index (χ1) is 11.2. The van der Waals surface area contributed by atoms with Crippen molar-refractivity contribution in [2.75, 3.05) is 16.7 Å². The lowest BCUT2D eigenvalue weighted by Crippen LogP contribution is -2.31. The molecule has 0 unspecified atom stereocenters. The Hall–Kier alpha value is -3.07. The third-order valence-corrected chi connectivity index (χ3v) is 4.63. The van der Waals surface area contributed by atoms with Crippen molar-refractivity contribution >= 4 is 33.4 Å². The number of benzene rings is 2. The maximum atomic E-state index is 12.3. The minimum Gasteiger partial charge on any atom is -0.478 e. The van der Waals surface area contributed by atoms with Gasteiger partial charge in [0.15, 0.2) is 0 Å². The average molecular weight is 349 g/mol. The summed E-state index contributed by atoms with van der Waals surface area (Å²) in [5.74, 6) is -1.14. The molecule has 0 aliphatic rings. The molecule has 2 rings (SSSR count). The van der Waals surface area contributed by atoms with Gasteiger partial charge in [-0.15, -0.1) is 0 Å². The molecular formula is C15H15N3O5S. The van der Waals surface area contributed by atoms with Crippen molar-refractivity contribution in [3.63, 3.8) is 0 Å². The van der Waals surface area contributed by atoms with Crippen LogP contribution in [0.5, 0.6) is 0 Å². The number of hydrogen-bond donors (Lipinski definition) is 3. The fourth-order valence-corrected chi connectivity index (χ4v) is 2.95. The SMILES string of the molecule is CN(C(N)=O)c1cccc(NS(=O)(=O)c2ccc(C(=O)O)cc2)c1. The molecular weight excluding hydrogens is 334 g/mol. The van der Waals surface area contributed by atoms with Gasteiger partial charge in [-0.2, -0.15) is 0 Å². The van der Waals surface area contributed by atoms with E-state index >= 15 is 0 Å². The first-order valence-electron chi connectivity index (χ1n) is 6.70. The van der Waals surface area contributed by atoms with Crippen LogP contribution in [0, 0.1) is 0 Å². The smallest absolute Gasteiger partial charge is 0.335 e. The van der Waals surface area contributed by atoms with Crippen LogP contribution >= 0.6 is 0 Å². The van der Waals surface area contributed by atoms with Crippen molar-refractivity contribution in [2.45, 2.75) is 4.90 Å². The molecule has 0 saturated heterocycles. The number of carbonyl (C=O) groups is 2. The Balaban J connectivity index is 2.27. The van der Waals surface area contributed by atoms with E-state index in [1.165, 1.54) is 48.3 Å². The van der Waals surface area contributed by atoms with E-state index in [4.69, 9.17) is 10.8 Å². The van der Waals surface area contributed by atoms with Gasteiger partial charge in [0.1, 0.15) is 0 Å². The summed E-state index contributed by atoms with van der Waals surface area (Å²) in [5, 5.41) is 8.83. The summed E-state index contributed by atoms with van der Waals surface area (Å²) < 4.78 is 27.0. The van der Waals surface area contributed by atoms with Crippen LogP contribution in [-0.4, -0.2) is 32.6 Å². The third kappa shape index (κ3) is 3.82. The zero-order valence-corrected chi connectivity index (χ0v) is 13.4. The molecule has 0 saturated carbocycles. The Morgan fingerprint density at radius 2 is 1.75 bits per heavy atom. The largest absolute Gasteiger partial charge is 0.478 e. The minimum absolute atomic E-state index is 0.0148. The number of anilines is 2. The number of aromatic carboxylic acids is 1. The molecule has 0 radical (unpaired) electrons. The lowest BCUT2D eigenvalue weighted by molar-refractivity contribution is 0.0696. The van der Waals surface area contributed by atoms with Crippen molar-refractivity contribution in [2.24, 2.45) is 5.73 Å². The molecule has 0 spiro atoms. The van der Waals surface area contributed by atoms with Crippen molar-refractivity contribution in [1.29, 1.82) is 0 Å². The summed E-state index contributed by atoms with van der Waals surface area (Å²) in [6, 6.07) is 10.3. The standard InChI is InChI=1S/C15H15N3O5S/c1-18(15(16)21)12-4-2-3-11(9-12)17-24(22,23)13-7-5-10(6-8-13)14(19)20/h2-9,17H,1H3,(H2,16,21)(H,19,20). The quantitative estimate of drug-likeness (QED) is 0.756. The van der Waals surface area contributed by atoms with Crippen LogP contribution in [0.1, 0.15) is 10.4 Å². The van der Waals surface area contributed by atoms with Crippen molar-refractivity contribution in [3.8, 4) is 0 Å². The fraction of sp³-hybridized carbons (Fsp3) is 0.0667. The molecule has 0 aliphatic carbocycles. The van der Waals surface area contributed by atoms with Gasteiger partial charge in [0, 0.05) is 12.7 Å². The molecule has 0 bridgehead atoms. The van der Waals surface area contributed by atoms with E-state index in [0.29, 0.717) is 5.69 Å². The average Bonchev–Trinajstić information content (AvgIpc) is 2.54. The number of nitrogens with two attached hydrogens (primary N) is 1. The van der Waals surface area contributed by atoms with Gasteiger partial charge in [-0.1, -0.05) is 6.07 Å². The lowest BCUT2D eigenvalue weighted by Gasteiger charge is -2.16. The molecule has 0 atom stereocenters. The Labute approximate surface area is 138 Å². The number of carboxylic acid groups (broad SMARTS) is 1. The van der Waals surface area contributed by atoms with Gasteiger partial charge in [-0.3, -0.25) is 9.62 Å². The van der Waals surface area contributed by atoms with E-state index in [2.05, 4.69) is 4.72 Å². The molecule has 0 aromatic heterocycles. The Kier molecular flexibility index (Phi) is 4.74. The molecule has 9 heteroatoms. The van der Waals surface area contributed by atoms with Crippen LogP contribution in [0.4, 0.5) is 16.2 Å². The highest BCUT2D eigenvalue weighted by Gasteiger charge is 2.16. The van der Waals surface area contributed by atoms with Gasteiger partial charge in [-0.05, 0) is 42.5 Å². The maximum absolute atomic E-state index is 12.3. The molecule has 126 valence electrons. The summed E-state index contributed by atoms with van der Waals surface area (Å²) in [7, 11) is -2.44. The zero-order valence-electron chi connectivity index (χ0n) is 12.6. The topological polar surface area (TPSA) is 130 Å². The molecule has 2 aromatic rings. The van der Waals surface area contributed by atoms with Crippen molar-refractivity contribution in [1.82, 2.24) is 0 Å². The summed E-state index contributed by atoms with van der Waals surface area (Å²) in [6.45, 7) is 0. The van der Waals surface area contributed by atoms with Crippen LogP contribution in [-0.2, 0) is 10.0 Å². The maximum Gasteiger partial charge on any atom is 0.335 e. The number of carbonyl (C=O) groups excluding carboxylic acids is 1. The van der Waals surface area contributed by atoms with Crippen molar-refractivity contribution in [3.05, 3.63) is 54.1 Å². The molecule has 8 nitrogen and oxygen atoms in total. The van der Waals surface area contributed by atoms with Crippen LogP contribution in [0.3, 0.4) is 0 Å². The van der Waals surface area contributed by atoms with Gasteiger partial charge in [0.25, 0.3) is 10.0 Å². The summed E-state index contributed by atoms with van der Waals surface area (Å²) in [4.78, 5) is 23.1. The Morgan fingerprint density at radius 1 is 1.12 bits per heavy atom. The first kappa shape index (κ1) is 17.3. The van der Waals surface area contributed by atoms with E-state index in [1.807, 2.05) is 0 Å². The minimum atomic E-state index is -3.90. The monoisotopic (exact) mass is 349 g/mol. The lowest BCUT2D eigenvalue weighted by atomic mass is 10.2. The molecule has 2 amide bonds. The Morgan fingerprint density at radius 3 is 2.29 bits per heavy atom. The second-order valence-electron chi connectivity index (χ2n) is 4.88. The number of amides is 2. The molecule has 0 heterocycles. The zero-order chi connectivity index (χ0) is 17.9. The molecule has 2 aromatic carbocycles. The van der Waals surface area contributed by atoms with E-state index in [1.54, 1.807) is 12.1 Å². The second-order valence-corrected chi connectivity index (χ2v) is 6.57. The number of nitrogens with zero attached hydrogens (tertiary/aromatic N) is 1. The number of nitrogens with one attached hydrogen (secondary N) is 1. The van der Waals surface area contributed by atoms with E-state index in [0.717, 1.165) is 0 Å². The van der Waals surface area contributed by atoms with Crippen LogP contribution in [0.25, 0.3) is 0 Å². The molecule has 0 aliphatic heterocycles. The van der Waals surface area contributed by atoms with Crippen LogP contribution < -0.4 is 15.4 Å². The normalized spacial score (nSPS) is 10.9. The number of urea groups is 1. The number of primary amides is 1. The third-order valence-electron chi connectivity index (χ3n) is 3.23. The number of sulfonamides is 1. The molecule has 0 fully saturated rings. The summed E-state index contributed by atoms with van der Waals surface area (Å²) in [5.41, 5.74) is 5.82. The van der Waals surface area contributed by atoms with Crippen LogP contribution in [0.2, 0.25) is 0 Å². The number of hydrogen-bond acceptors (Lipinski definition) is 4. The van der Waals surface area contributed by atoms with Gasteiger partial charge in [0.2, 0.25) is 0 Å². The Bertz CT molecular complexity index is 878. The van der Waals surface area contributed by atoms with Crippen molar-refractivity contribution < 1.29 is 23.1 Å². The van der Waals surface area contributed by atoms with E-state index in [9.17, 15) is 18.0 Å². The highest BCUT2D eigenvalue weighted by atomic mass is 32.2. The van der Waals surface area contributed by atoms with Gasteiger partial charge in [0.05, 0.1) is 16.1 Å². The highest BCUT2D eigenvalue weighted by molar-refractivity contribution is 7.92. The van der Waals surface area contributed by atoms with Gasteiger partial charge < -0.3 is 10.8 Å². The predicted molar refractivity (Wildman–Crippen MR) is 88.6 cm³/mol. The van der Waals surface area contributed by atoms with Gasteiger partial charge in [-0.25, -0.2) is 18.0 Å². The molecule has 24 heavy (non-hydrogen) atoms. The second kappa shape index (κ2) is 6.59. The fourth-order valence-electron chi connectivity index (χ4n) is 1.90.